The lowest BCUT2D eigenvalue weighted by molar-refractivity contribution is -0.115. The number of amides is 1. The Balaban J connectivity index is 1.72. The normalized spacial score (nSPS) is 10.5. The van der Waals surface area contributed by atoms with Crippen molar-refractivity contribution in [3.05, 3.63) is 69.9 Å². The van der Waals surface area contributed by atoms with Gasteiger partial charge < -0.3 is 10.1 Å². The molecule has 0 radical (unpaired) electrons. The molecule has 0 aliphatic heterocycles. The van der Waals surface area contributed by atoms with Crippen LogP contribution in [-0.2, 0) is 16.0 Å². The molecule has 0 spiro atoms. The zero-order valence-electron chi connectivity index (χ0n) is 14.2. The van der Waals surface area contributed by atoms with Crippen LogP contribution < -0.4 is 5.32 Å². The molecule has 2 aromatic carbocycles. The Morgan fingerprint density at radius 1 is 1.26 bits per heavy atom. The quantitative estimate of drug-likeness (QED) is 0.632. The lowest BCUT2D eigenvalue weighted by Crippen LogP contribution is -2.16. The van der Waals surface area contributed by atoms with E-state index < -0.39 is 17.7 Å². The van der Waals surface area contributed by atoms with Crippen molar-refractivity contribution in [3.8, 4) is 10.6 Å². The maximum Gasteiger partial charge on any atom is 0.337 e. The molecule has 0 aliphatic rings. The Hall–Kier alpha value is -2.77. The van der Waals surface area contributed by atoms with Gasteiger partial charge in [-0.2, -0.15) is 0 Å². The van der Waals surface area contributed by atoms with Crippen LogP contribution in [0.5, 0.6) is 0 Å². The molecule has 138 valence electrons. The standard InChI is InChI=1S/C19H14ClFN2O3S/c1-26-19(25)11-6-7-15(21)16(8-11)23-17(24)9-12-10-27-18(22-12)13-4-2-3-5-14(13)20/h2-8,10H,9H2,1H3,(H,23,24). The maximum absolute atomic E-state index is 13.9. The first kappa shape index (κ1) is 19.0. The van der Waals surface area contributed by atoms with Crippen LogP contribution in [0.25, 0.3) is 10.6 Å². The van der Waals surface area contributed by atoms with Gasteiger partial charge in [0.2, 0.25) is 5.91 Å². The van der Waals surface area contributed by atoms with Gasteiger partial charge in [-0.05, 0) is 24.3 Å². The number of methoxy groups -OCH3 is 1. The van der Waals surface area contributed by atoms with Crippen LogP contribution in [-0.4, -0.2) is 24.0 Å². The number of benzene rings is 2. The fourth-order valence-corrected chi connectivity index (χ4v) is 3.51. The third kappa shape index (κ3) is 4.50. The Morgan fingerprint density at radius 3 is 2.78 bits per heavy atom. The number of thiazole rings is 1. The van der Waals surface area contributed by atoms with E-state index >= 15 is 0 Å². The van der Waals surface area contributed by atoms with E-state index in [1.54, 1.807) is 11.4 Å². The number of esters is 1. The van der Waals surface area contributed by atoms with Crippen LogP contribution in [0.15, 0.2) is 47.8 Å². The third-order valence-electron chi connectivity index (χ3n) is 3.66. The predicted molar refractivity (Wildman–Crippen MR) is 103 cm³/mol. The molecule has 1 aromatic heterocycles. The van der Waals surface area contributed by atoms with E-state index in [0.717, 1.165) is 11.6 Å². The second kappa shape index (κ2) is 8.28. The number of nitrogens with zero attached hydrogens (tertiary/aromatic N) is 1. The summed E-state index contributed by atoms with van der Waals surface area (Å²) in [5.74, 6) is -1.72. The molecule has 1 heterocycles. The van der Waals surface area contributed by atoms with Crippen LogP contribution in [0.2, 0.25) is 5.02 Å². The van der Waals surface area contributed by atoms with E-state index in [2.05, 4.69) is 15.0 Å². The minimum atomic E-state index is -0.647. The van der Waals surface area contributed by atoms with Gasteiger partial charge in [-0.3, -0.25) is 4.79 Å². The van der Waals surface area contributed by atoms with Crippen LogP contribution >= 0.6 is 22.9 Å². The van der Waals surface area contributed by atoms with Crippen molar-refractivity contribution in [3.63, 3.8) is 0 Å². The van der Waals surface area contributed by atoms with E-state index in [0.29, 0.717) is 15.7 Å². The molecule has 8 heteroatoms. The van der Waals surface area contributed by atoms with Crippen molar-refractivity contribution < 1.29 is 18.7 Å². The SMILES string of the molecule is COC(=O)c1ccc(F)c(NC(=O)Cc2csc(-c3ccccc3Cl)n2)c1. The minimum Gasteiger partial charge on any atom is -0.465 e. The largest absolute Gasteiger partial charge is 0.465 e. The summed E-state index contributed by atoms with van der Waals surface area (Å²) in [5.41, 5.74) is 1.37. The van der Waals surface area contributed by atoms with Gasteiger partial charge in [0.1, 0.15) is 10.8 Å². The fourth-order valence-electron chi connectivity index (χ4n) is 2.37. The van der Waals surface area contributed by atoms with Crippen LogP contribution in [0.4, 0.5) is 10.1 Å². The molecule has 1 N–H and O–H groups in total. The smallest absolute Gasteiger partial charge is 0.337 e. The number of hydrogen-bond donors (Lipinski definition) is 1. The molecule has 3 rings (SSSR count). The first-order chi connectivity index (χ1) is 13.0. The number of carbonyl (C=O) groups is 2. The summed E-state index contributed by atoms with van der Waals surface area (Å²) in [6.45, 7) is 0. The molecule has 5 nitrogen and oxygen atoms in total. The topological polar surface area (TPSA) is 68.3 Å². The average molecular weight is 405 g/mol. The lowest BCUT2D eigenvalue weighted by Gasteiger charge is -2.07. The molecule has 0 aliphatic carbocycles. The van der Waals surface area contributed by atoms with Crippen molar-refractivity contribution in [1.82, 2.24) is 4.98 Å². The van der Waals surface area contributed by atoms with E-state index in [9.17, 15) is 14.0 Å². The molecule has 1 amide bonds. The van der Waals surface area contributed by atoms with Crippen molar-refractivity contribution in [2.24, 2.45) is 0 Å². The predicted octanol–water partition coefficient (Wildman–Crippen LogP) is 4.57. The number of carbonyl (C=O) groups excluding carboxylic acids is 2. The summed E-state index contributed by atoms with van der Waals surface area (Å²) in [6, 6.07) is 10.9. The highest BCUT2D eigenvalue weighted by Gasteiger charge is 2.14. The Morgan fingerprint density at radius 2 is 2.04 bits per heavy atom. The van der Waals surface area contributed by atoms with Gasteiger partial charge in [0.25, 0.3) is 0 Å². The van der Waals surface area contributed by atoms with E-state index in [1.807, 2.05) is 18.2 Å². The highest BCUT2D eigenvalue weighted by Crippen LogP contribution is 2.30. The molecule has 3 aromatic rings. The maximum atomic E-state index is 13.9. The number of anilines is 1. The third-order valence-corrected chi connectivity index (χ3v) is 4.91. The van der Waals surface area contributed by atoms with Gasteiger partial charge in [-0.15, -0.1) is 11.3 Å². The number of ether oxygens (including phenoxy) is 1. The number of halogens is 2. The summed E-state index contributed by atoms with van der Waals surface area (Å²) < 4.78 is 18.5. The summed E-state index contributed by atoms with van der Waals surface area (Å²) in [7, 11) is 1.22. The van der Waals surface area contributed by atoms with Gasteiger partial charge in [-0.25, -0.2) is 14.2 Å². The first-order valence-electron chi connectivity index (χ1n) is 7.85. The molecule has 0 unspecified atom stereocenters. The second-order valence-corrected chi connectivity index (χ2v) is 6.80. The van der Waals surface area contributed by atoms with Crippen molar-refractivity contribution in [2.45, 2.75) is 6.42 Å². The van der Waals surface area contributed by atoms with Gasteiger partial charge in [-0.1, -0.05) is 29.8 Å². The summed E-state index contributed by atoms with van der Waals surface area (Å²) in [5, 5.41) is 5.47. The van der Waals surface area contributed by atoms with Crippen LogP contribution in [0, 0.1) is 5.82 Å². The van der Waals surface area contributed by atoms with Crippen LogP contribution in [0.1, 0.15) is 16.1 Å². The van der Waals surface area contributed by atoms with Crippen molar-refractivity contribution in [1.29, 1.82) is 0 Å². The minimum absolute atomic E-state index is 0.0388. The van der Waals surface area contributed by atoms with Crippen molar-refractivity contribution in [2.75, 3.05) is 12.4 Å². The number of rotatable bonds is 5. The Kier molecular flexibility index (Phi) is 5.83. The molecule has 0 atom stereocenters. The molecule has 27 heavy (non-hydrogen) atoms. The number of nitrogens with one attached hydrogen (secondary N) is 1. The van der Waals surface area contributed by atoms with Gasteiger partial charge >= 0.3 is 5.97 Å². The van der Waals surface area contributed by atoms with Crippen molar-refractivity contribution >= 4 is 40.5 Å². The van der Waals surface area contributed by atoms with Crippen LogP contribution in [0.3, 0.4) is 0 Å². The number of hydrogen-bond acceptors (Lipinski definition) is 5. The molecule has 0 saturated heterocycles. The van der Waals surface area contributed by atoms with E-state index in [-0.39, 0.29) is 17.7 Å². The first-order valence-corrected chi connectivity index (χ1v) is 9.10. The van der Waals surface area contributed by atoms with Gasteiger partial charge in [0.05, 0.1) is 35.5 Å². The summed E-state index contributed by atoms with van der Waals surface area (Å²) in [4.78, 5) is 28.2. The lowest BCUT2D eigenvalue weighted by atomic mass is 10.2. The molecule has 0 bridgehead atoms. The van der Waals surface area contributed by atoms with Gasteiger partial charge in [0.15, 0.2) is 0 Å². The second-order valence-electron chi connectivity index (χ2n) is 5.54. The van der Waals surface area contributed by atoms with E-state index in [4.69, 9.17) is 11.6 Å². The Bertz CT molecular complexity index is 1010. The van der Waals surface area contributed by atoms with Gasteiger partial charge in [0, 0.05) is 10.9 Å². The summed E-state index contributed by atoms with van der Waals surface area (Å²) in [6.07, 6.45) is -0.0388. The Labute approximate surface area is 163 Å². The van der Waals surface area contributed by atoms with E-state index in [1.165, 1.54) is 30.6 Å². The number of aromatic nitrogens is 1. The average Bonchev–Trinajstić information content (AvgIpc) is 3.11. The molecular weight excluding hydrogens is 391 g/mol. The highest BCUT2D eigenvalue weighted by atomic mass is 35.5. The zero-order valence-corrected chi connectivity index (χ0v) is 15.7. The molecule has 0 fully saturated rings. The molecule has 0 saturated carbocycles. The molecular formula is C19H14ClFN2O3S. The zero-order chi connectivity index (χ0) is 19.4. The monoisotopic (exact) mass is 404 g/mol. The fraction of sp³-hybridized carbons (Fsp3) is 0.105. The highest BCUT2D eigenvalue weighted by molar-refractivity contribution is 7.13. The summed E-state index contributed by atoms with van der Waals surface area (Å²) >= 11 is 7.53.